The lowest BCUT2D eigenvalue weighted by Crippen LogP contribution is -2.60. The van der Waals surface area contributed by atoms with E-state index in [-0.39, 0.29) is 12.5 Å². The molecule has 9 heteroatoms. The summed E-state index contributed by atoms with van der Waals surface area (Å²) in [7, 11) is 0. The number of aliphatic hydroxyl groups excluding tert-OH is 5. The molecule has 7 unspecified atom stereocenters. The largest absolute Gasteiger partial charge is 0.394 e. The molecule has 1 aliphatic heterocycles. The van der Waals surface area contributed by atoms with Crippen molar-refractivity contribution in [1.29, 1.82) is 0 Å². The van der Waals surface area contributed by atoms with Crippen LogP contribution in [0.3, 0.4) is 0 Å². The zero-order valence-electron chi connectivity index (χ0n) is 52.2. The summed E-state index contributed by atoms with van der Waals surface area (Å²) in [5.74, 6) is -0.137. The lowest BCUT2D eigenvalue weighted by Gasteiger charge is -2.40. The van der Waals surface area contributed by atoms with Gasteiger partial charge in [0.25, 0.3) is 0 Å². The van der Waals surface area contributed by atoms with Crippen molar-refractivity contribution in [2.24, 2.45) is 0 Å². The molecular formula is C70H133NO8. The molecule has 0 aromatic heterocycles. The lowest BCUT2D eigenvalue weighted by molar-refractivity contribution is -0.302. The van der Waals surface area contributed by atoms with Crippen LogP contribution in [0.4, 0.5) is 0 Å². The second-order valence-corrected chi connectivity index (χ2v) is 24.3. The average molecular weight is 1120 g/mol. The third-order valence-corrected chi connectivity index (χ3v) is 16.7. The third kappa shape index (κ3) is 48.5. The maximum atomic E-state index is 13.1. The van der Waals surface area contributed by atoms with Crippen molar-refractivity contribution in [2.75, 3.05) is 13.2 Å². The van der Waals surface area contributed by atoms with Gasteiger partial charge in [0.05, 0.1) is 25.4 Å². The number of amides is 1. The monoisotopic (exact) mass is 1120 g/mol. The van der Waals surface area contributed by atoms with Gasteiger partial charge in [-0.3, -0.25) is 4.79 Å². The molecule has 1 heterocycles. The molecular weight excluding hydrogens is 983 g/mol. The molecule has 0 bridgehead atoms. The number of nitrogens with one attached hydrogen (secondary N) is 1. The van der Waals surface area contributed by atoms with E-state index in [4.69, 9.17) is 9.47 Å². The number of rotatable bonds is 61. The predicted molar refractivity (Wildman–Crippen MR) is 337 cm³/mol. The Balaban J connectivity index is 2.08. The Labute approximate surface area is 489 Å². The molecule has 79 heavy (non-hydrogen) atoms. The highest BCUT2D eigenvalue weighted by Gasteiger charge is 2.44. The van der Waals surface area contributed by atoms with Crippen LogP contribution in [-0.2, 0) is 14.3 Å². The summed E-state index contributed by atoms with van der Waals surface area (Å²) in [6.45, 7) is 3.87. The van der Waals surface area contributed by atoms with E-state index in [9.17, 15) is 30.3 Å². The van der Waals surface area contributed by atoms with E-state index in [2.05, 4.69) is 55.6 Å². The molecule has 0 aromatic rings. The standard InChI is InChI=1S/C70H133NO8/c1-3-5-7-9-11-13-15-17-19-21-23-25-26-27-28-29-30-31-32-33-34-35-36-37-38-40-42-44-46-48-50-52-54-56-58-60-66(74)71-63(62-78-70-69(77)68(76)67(75)65(61-72)79-70)64(73)59-57-55-53-51-49-47-45-43-41-39-24-22-20-18-16-14-12-10-8-6-4-2/h15,17,21,23,26-27,63-65,67-70,72-73,75-77H,3-14,16,18-20,22,24-25,28-62H2,1-2H3,(H,71,74)/b17-15-,23-21-,27-26-. The normalized spacial score (nSPS) is 18.7. The van der Waals surface area contributed by atoms with Crippen molar-refractivity contribution in [1.82, 2.24) is 5.32 Å². The van der Waals surface area contributed by atoms with Crippen LogP contribution in [0.5, 0.6) is 0 Å². The summed E-state index contributed by atoms with van der Waals surface area (Å²) in [6.07, 6.45) is 72.1. The van der Waals surface area contributed by atoms with Crippen LogP contribution < -0.4 is 5.32 Å². The SMILES string of the molecule is CCCCCCC/C=C\C/C=C\C/C=C\CCCCCCCCCCCCCCCCCCCCCCC(=O)NC(COC1OC(CO)C(O)C(O)C1O)C(O)CCCCCCCCCCCCCCCCCCCCCCC. The van der Waals surface area contributed by atoms with Crippen molar-refractivity contribution in [3.05, 3.63) is 36.5 Å². The molecule has 0 aliphatic carbocycles. The highest BCUT2D eigenvalue weighted by molar-refractivity contribution is 5.76. The van der Waals surface area contributed by atoms with Crippen molar-refractivity contribution in [3.63, 3.8) is 0 Å². The summed E-state index contributed by atoms with van der Waals surface area (Å²) in [5.41, 5.74) is 0. The highest BCUT2D eigenvalue weighted by atomic mass is 16.7. The maximum absolute atomic E-state index is 13.1. The van der Waals surface area contributed by atoms with Gasteiger partial charge in [-0.1, -0.05) is 326 Å². The summed E-state index contributed by atoms with van der Waals surface area (Å²) >= 11 is 0. The second kappa shape index (κ2) is 59.6. The molecule has 9 nitrogen and oxygen atoms in total. The molecule has 0 aromatic carbocycles. The topological polar surface area (TPSA) is 149 Å². The molecule has 1 aliphatic rings. The third-order valence-electron chi connectivity index (χ3n) is 16.7. The minimum atomic E-state index is -1.55. The molecule has 1 rings (SSSR count). The first-order valence-corrected chi connectivity index (χ1v) is 34.7. The van der Waals surface area contributed by atoms with Gasteiger partial charge in [0.1, 0.15) is 24.4 Å². The van der Waals surface area contributed by atoms with E-state index in [0.29, 0.717) is 12.8 Å². The van der Waals surface area contributed by atoms with Crippen molar-refractivity contribution < 1.29 is 39.8 Å². The number of allylic oxidation sites excluding steroid dienone is 6. The summed E-state index contributed by atoms with van der Waals surface area (Å²) in [5, 5.41) is 54.9. The Morgan fingerprint density at radius 2 is 0.747 bits per heavy atom. The lowest BCUT2D eigenvalue weighted by atomic mass is 9.99. The number of carbonyl (C=O) groups is 1. The number of hydrogen-bond acceptors (Lipinski definition) is 8. The predicted octanol–water partition coefficient (Wildman–Crippen LogP) is 18.6. The van der Waals surface area contributed by atoms with Gasteiger partial charge < -0.3 is 40.3 Å². The molecule has 1 saturated heterocycles. The van der Waals surface area contributed by atoms with Crippen LogP contribution in [0.15, 0.2) is 36.5 Å². The minimum absolute atomic E-state index is 0.134. The van der Waals surface area contributed by atoms with Gasteiger partial charge in [0.2, 0.25) is 5.91 Å². The number of aliphatic hydroxyl groups is 5. The second-order valence-electron chi connectivity index (χ2n) is 24.3. The fourth-order valence-corrected chi connectivity index (χ4v) is 11.3. The molecule has 466 valence electrons. The Hall–Kier alpha value is -1.59. The first-order valence-electron chi connectivity index (χ1n) is 34.7. The van der Waals surface area contributed by atoms with E-state index in [1.807, 2.05) is 0 Å². The summed E-state index contributed by atoms with van der Waals surface area (Å²) < 4.78 is 11.4. The Kier molecular flexibility index (Phi) is 56.9. The van der Waals surface area contributed by atoms with Gasteiger partial charge in [-0.25, -0.2) is 0 Å². The van der Waals surface area contributed by atoms with Crippen LogP contribution in [0.25, 0.3) is 0 Å². The van der Waals surface area contributed by atoms with Gasteiger partial charge >= 0.3 is 0 Å². The van der Waals surface area contributed by atoms with Crippen LogP contribution >= 0.6 is 0 Å². The number of unbranched alkanes of at least 4 members (excludes halogenated alkanes) is 45. The fraction of sp³-hybridized carbons (Fsp3) is 0.900. The average Bonchev–Trinajstić information content (AvgIpc) is 3.47. The molecule has 6 N–H and O–H groups in total. The van der Waals surface area contributed by atoms with E-state index >= 15 is 0 Å². The maximum Gasteiger partial charge on any atom is 0.220 e. The van der Waals surface area contributed by atoms with Crippen LogP contribution in [0.1, 0.15) is 348 Å². The van der Waals surface area contributed by atoms with Crippen LogP contribution in [0.2, 0.25) is 0 Å². The summed E-state index contributed by atoms with van der Waals surface area (Å²) in [6, 6.07) is -0.718. The molecule has 0 spiro atoms. The first kappa shape index (κ1) is 75.4. The smallest absolute Gasteiger partial charge is 0.220 e. The minimum Gasteiger partial charge on any atom is -0.394 e. The van der Waals surface area contributed by atoms with Crippen molar-refractivity contribution >= 4 is 5.91 Å². The fourth-order valence-electron chi connectivity index (χ4n) is 11.3. The van der Waals surface area contributed by atoms with E-state index in [1.54, 1.807) is 0 Å². The Morgan fingerprint density at radius 3 is 1.10 bits per heavy atom. The number of hydrogen-bond donors (Lipinski definition) is 6. The van der Waals surface area contributed by atoms with E-state index in [1.165, 1.54) is 270 Å². The zero-order chi connectivity index (χ0) is 57.2. The number of carbonyl (C=O) groups excluding carboxylic acids is 1. The van der Waals surface area contributed by atoms with Gasteiger partial charge in [0.15, 0.2) is 6.29 Å². The molecule has 1 amide bonds. The van der Waals surface area contributed by atoms with Gasteiger partial charge in [-0.15, -0.1) is 0 Å². The van der Waals surface area contributed by atoms with Gasteiger partial charge in [0, 0.05) is 6.42 Å². The zero-order valence-corrected chi connectivity index (χ0v) is 52.2. The summed E-state index contributed by atoms with van der Waals surface area (Å²) in [4.78, 5) is 13.1. The van der Waals surface area contributed by atoms with E-state index < -0.39 is 49.5 Å². The van der Waals surface area contributed by atoms with Gasteiger partial charge in [-0.05, 0) is 51.4 Å². The van der Waals surface area contributed by atoms with E-state index in [0.717, 1.165) is 51.4 Å². The van der Waals surface area contributed by atoms with Crippen molar-refractivity contribution in [2.45, 2.75) is 391 Å². The molecule has 7 atom stereocenters. The molecule has 0 radical (unpaired) electrons. The highest BCUT2D eigenvalue weighted by Crippen LogP contribution is 2.24. The van der Waals surface area contributed by atoms with Crippen molar-refractivity contribution in [3.8, 4) is 0 Å². The number of ether oxygens (including phenoxy) is 2. The van der Waals surface area contributed by atoms with Crippen LogP contribution in [0, 0.1) is 0 Å². The quantitative estimate of drug-likeness (QED) is 0.0261. The Morgan fingerprint density at radius 1 is 0.430 bits per heavy atom. The Bertz CT molecular complexity index is 1340. The van der Waals surface area contributed by atoms with Crippen LogP contribution in [-0.4, -0.2) is 87.5 Å². The molecule has 0 saturated carbocycles. The van der Waals surface area contributed by atoms with Gasteiger partial charge in [-0.2, -0.15) is 0 Å². The molecule has 1 fully saturated rings. The first-order chi connectivity index (χ1) is 38.8.